The summed E-state index contributed by atoms with van der Waals surface area (Å²) in [7, 11) is 0. The van der Waals surface area contributed by atoms with Crippen molar-refractivity contribution in [2.24, 2.45) is 0 Å². The van der Waals surface area contributed by atoms with E-state index in [4.69, 9.17) is 0 Å². The molecule has 0 amide bonds. The first-order chi connectivity index (χ1) is 19.2. The third kappa shape index (κ3) is 7.88. The highest BCUT2D eigenvalue weighted by Gasteiger charge is 2.22. The van der Waals surface area contributed by atoms with Crippen LogP contribution in [0.5, 0.6) is 0 Å². The Labute approximate surface area is 253 Å². The summed E-state index contributed by atoms with van der Waals surface area (Å²) in [4.78, 5) is 8.85. The van der Waals surface area contributed by atoms with Crippen LogP contribution in [0.4, 0.5) is 0 Å². The van der Waals surface area contributed by atoms with Gasteiger partial charge in [-0.3, -0.25) is 0 Å². The molecule has 0 unspecified atom stereocenters. The van der Waals surface area contributed by atoms with Gasteiger partial charge in [0.05, 0.1) is 0 Å². The van der Waals surface area contributed by atoms with Crippen LogP contribution in [0.1, 0.15) is 139 Å². The molecule has 0 bridgehead atoms. The van der Waals surface area contributed by atoms with E-state index in [2.05, 4.69) is 153 Å². The SMILES string of the molecule is CC(C)(C)c1cc(C#Cc2nc(C#N)c(C#N)nc2C#Cc2cc(C(C)(C)C)cc(C(C)(C)C)c2)cc(C(C)(C)C)c1. The lowest BCUT2D eigenvalue weighted by Gasteiger charge is -2.25. The summed E-state index contributed by atoms with van der Waals surface area (Å²) in [5, 5.41) is 19.3. The van der Waals surface area contributed by atoms with Gasteiger partial charge in [0.1, 0.15) is 23.5 Å². The van der Waals surface area contributed by atoms with Crippen molar-refractivity contribution >= 4 is 0 Å². The maximum Gasteiger partial charge on any atom is 0.178 e. The van der Waals surface area contributed by atoms with Crippen molar-refractivity contribution in [1.82, 2.24) is 9.97 Å². The molecule has 1 aromatic heterocycles. The number of hydrogen-bond acceptors (Lipinski definition) is 4. The Morgan fingerprint density at radius 3 is 0.881 bits per heavy atom. The maximum absolute atomic E-state index is 9.64. The second kappa shape index (κ2) is 11.5. The molecular formula is C38H42N4. The first kappa shape index (κ1) is 32.1. The van der Waals surface area contributed by atoms with Gasteiger partial charge in [-0.25, -0.2) is 9.97 Å². The Bertz CT molecular complexity index is 1530. The predicted molar refractivity (Wildman–Crippen MR) is 171 cm³/mol. The normalized spacial score (nSPS) is 11.9. The molecule has 0 spiro atoms. The monoisotopic (exact) mass is 554 g/mol. The Hall–Kier alpha value is -4.38. The highest BCUT2D eigenvalue weighted by atomic mass is 14.8. The third-order valence-electron chi connectivity index (χ3n) is 7.09. The van der Waals surface area contributed by atoms with Crippen molar-refractivity contribution in [1.29, 1.82) is 10.5 Å². The second-order valence-corrected chi connectivity index (χ2v) is 14.9. The highest BCUT2D eigenvalue weighted by Crippen LogP contribution is 2.31. The van der Waals surface area contributed by atoms with Gasteiger partial charge < -0.3 is 0 Å². The molecule has 42 heavy (non-hydrogen) atoms. The molecule has 0 atom stereocenters. The molecule has 3 rings (SSSR count). The van der Waals surface area contributed by atoms with Crippen molar-refractivity contribution in [3.8, 4) is 35.8 Å². The molecule has 0 aliphatic carbocycles. The fourth-order valence-corrected chi connectivity index (χ4v) is 4.16. The topological polar surface area (TPSA) is 73.4 Å². The fourth-order valence-electron chi connectivity index (χ4n) is 4.16. The molecule has 0 saturated carbocycles. The van der Waals surface area contributed by atoms with E-state index >= 15 is 0 Å². The van der Waals surface area contributed by atoms with Gasteiger partial charge in [0.15, 0.2) is 11.4 Å². The molecular weight excluding hydrogens is 512 g/mol. The summed E-state index contributed by atoms with van der Waals surface area (Å²) in [6, 6.07) is 16.8. The van der Waals surface area contributed by atoms with Crippen molar-refractivity contribution in [3.05, 3.63) is 92.6 Å². The number of benzene rings is 2. The van der Waals surface area contributed by atoms with Crippen LogP contribution in [0.2, 0.25) is 0 Å². The number of hydrogen-bond donors (Lipinski definition) is 0. The molecule has 0 radical (unpaired) electrons. The molecule has 3 aromatic rings. The van der Waals surface area contributed by atoms with Crippen LogP contribution in [0.3, 0.4) is 0 Å². The maximum atomic E-state index is 9.64. The highest BCUT2D eigenvalue weighted by molar-refractivity contribution is 5.54. The third-order valence-corrected chi connectivity index (χ3v) is 7.09. The van der Waals surface area contributed by atoms with E-state index in [9.17, 15) is 10.5 Å². The van der Waals surface area contributed by atoms with E-state index < -0.39 is 0 Å². The Kier molecular flexibility index (Phi) is 8.78. The number of aromatic nitrogens is 2. The van der Waals surface area contributed by atoms with Gasteiger partial charge in [0.25, 0.3) is 0 Å². The van der Waals surface area contributed by atoms with Crippen molar-refractivity contribution in [2.75, 3.05) is 0 Å². The zero-order valence-corrected chi connectivity index (χ0v) is 27.3. The Morgan fingerprint density at radius 2 is 0.667 bits per heavy atom. The average Bonchev–Trinajstić information content (AvgIpc) is 2.88. The van der Waals surface area contributed by atoms with Gasteiger partial charge in [0.2, 0.25) is 0 Å². The summed E-state index contributed by atoms with van der Waals surface area (Å²) in [5.74, 6) is 12.8. The van der Waals surface area contributed by atoms with Crippen LogP contribution in [0.25, 0.3) is 0 Å². The Balaban J connectivity index is 2.25. The minimum absolute atomic E-state index is 0.0515. The average molecular weight is 555 g/mol. The molecule has 4 heteroatoms. The van der Waals surface area contributed by atoms with Crippen LogP contribution in [-0.2, 0) is 21.7 Å². The molecule has 1 heterocycles. The van der Waals surface area contributed by atoms with Gasteiger partial charge in [0, 0.05) is 11.1 Å². The van der Waals surface area contributed by atoms with E-state index in [1.807, 2.05) is 12.1 Å². The van der Waals surface area contributed by atoms with Crippen LogP contribution in [-0.4, -0.2) is 9.97 Å². The molecule has 2 aromatic carbocycles. The molecule has 4 nitrogen and oxygen atoms in total. The van der Waals surface area contributed by atoms with Crippen LogP contribution >= 0.6 is 0 Å². The molecule has 0 aliphatic rings. The van der Waals surface area contributed by atoms with Crippen molar-refractivity contribution in [3.63, 3.8) is 0 Å². The molecule has 0 saturated heterocycles. The summed E-state index contributed by atoms with van der Waals surface area (Å²) >= 11 is 0. The minimum Gasteiger partial charge on any atom is -0.222 e. The second-order valence-electron chi connectivity index (χ2n) is 14.9. The van der Waals surface area contributed by atoms with Crippen LogP contribution < -0.4 is 0 Å². The van der Waals surface area contributed by atoms with E-state index in [1.54, 1.807) is 0 Å². The fraction of sp³-hybridized carbons (Fsp3) is 0.421. The summed E-state index contributed by atoms with van der Waals surface area (Å²) in [5.41, 5.74) is 6.69. The minimum atomic E-state index is -0.0593. The van der Waals surface area contributed by atoms with Crippen LogP contribution in [0, 0.1) is 46.3 Å². The largest absolute Gasteiger partial charge is 0.222 e. The summed E-state index contributed by atoms with van der Waals surface area (Å²) in [6.07, 6.45) is 0. The lowest BCUT2D eigenvalue weighted by Crippen LogP contribution is -2.16. The lowest BCUT2D eigenvalue weighted by atomic mass is 9.79. The first-order valence-corrected chi connectivity index (χ1v) is 14.3. The van der Waals surface area contributed by atoms with Crippen molar-refractivity contribution in [2.45, 2.75) is 105 Å². The van der Waals surface area contributed by atoms with Gasteiger partial charge in [-0.2, -0.15) is 10.5 Å². The van der Waals surface area contributed by atoms with E-state index in [0.29, 0.717) is 0 Å². The van der Waals surface area contributed by atoms with Crippen LogP contribution in [0.15, 0.2) is 36.4 Å². The zero-order valence-electron chi connectivity index (χ0n) is 27.3. The number of nitriles is 2. The van der Waals surface area contributed by atoms with Gasteiger partial charge in [-0.1, -0.05) is 107 Å². The molecule has 0 fully saturated rings. The van der Waals surface area contributed by atoms with Gasteiger partial charge >= 0.3 is 0 Å². The smallest absolute Gasteiger partial charge is 0.178 e. The lowest BCUT2D eigenvalue weighted by molar-refractivity contribution is 0.567. The molecule has 0 N–H and O–H groups in total. The van der Waals surface area contributed by atoms with E-state index in [1.165, 1.54) is 22.3 Å². The quantitative estimate of drug-likeness (QED) is 0.263. The number of nitrogens with zero attached hydrogens (tertiary/aromatic N) is 4. The number of rotatable bonds is 0. The first-order valence-electron chi connectivity index (χ1n) is 14.3. The zero-order chi connectivity index (χ0) is 31.7. The predicted octanol–water partition coefficient (Wildman–Crippen LogP) is 8.21. The van der Waals surface area contributed by atoms with Crippen molar-refractivity contribution < 1.29 is 0 Å². The summed E-state index contributed by atoms with van der Waals surface area (Å²) < 4.78 is 0. The van der Waals surface area contributed by atoms with E-state index in [0.717, 1.165) is 11.1 Å². The standard InChI is InChI=1S/C38H42N4/c1-35(2,3)27-17-25(18-28(21-27)36(4,5)6)13-15-31-32(42-34(24-40)33(23-39)41-31)16-14-26-19-29(37(7,8)9)22-30(20-26)38(10,11)12/h17-22H,1-12H3. The Morgan fingerprint density at radius 1 is 0.405 bits per heavy atom. The molecule has 0 aliphatic heterocycles. The molecule has 214 valence electrons. The van der Waals surface area contributed by atoms with Gasteiger partial charge in [-0.05, 0) is 80.0 Å². The summed E-state index contributed by atoms with van der Waals surface area (Å²) in [6.45, 7) is 26.2. The van der Waals surface area contributed by atoms with Gasteiger partial charge in [-0.15, -0.1) is 0 Å². The van der Waals surface area contributed by atoms with E-state index in [-0.39, 0.29) is 44.4 Å².